The summed E-state index contributed by atoms with van der Waals surface area (Å²) in [6.45, 7) is 2.72. The SMILES string of the molecule is CCCCN(C(=O)c1cc(Cl)c(N)c([N+](=O)[O-])c1)C1CC1. The van der Waals surface area contributed by atoms with Crippen LogP contribution in [0.5, 0.6) is 0 Å². The molecule has 0 bridgehead atoms. The Balaban J connectivity index is 2.31. The zero-order chi connectivity index (χ0) is 15.6. The maximum atomic E-state index is 12.6. The van der Waals surface area contributed by atoms with Gasteiger partial charge in [-0.1, -0.05) is 24.9 Å². The molecule has 2 rings (SSSR count). The number of nitrogen functional groups attached to an aromatic ring is 1. The number of nitro groups is 1. The number of halogens is 1. The van der Waals surface area contributed by atoms with E-state index in [1.165, 1.54) is 12.1 Å². The summed E-state index contributed by atoms with van der Waals surface area (Å²) in [6, 6.07) is 2.87. The maximum absolute atomic E-state index is 12.6. The van der Waals surface area contributed by atoms with Crippen LogP contribution >= 0.6 is 11.6 Å². The number of hydrogen-bond donors (Lipinski definition) is 1. The Morgan fingerprint density at radius 2 is 2.19 bits per heavy atom. The number of benzene rings is 1. The molecule has 0 heterocycles. The molecule has 1 fully saturated rings. The van der Waals surface area contributed by atoms with Crippen molar-refractivity contribution < 1.29 is 9.72 Å². The highest BCUT2D eigenvalue weighted by molar-refractivity contribution is 6.34. The average Bonchev–Trinajstić information content (AvgIpc) is 3.26. The fraction of sp³-hybridized carbons (Fsp3) is 0.500. The number of rotatable bonds is 6. The van der Waals surface area contributed by atoms with Gasteiger partial charge < -0.3 is 10.6 Å². The first-order valence-corrected chi connectivity index (χ1v) is 7.37. The van der Waals surface area contributed by atoms with Gasteiger partial charge in [-0.25, -0.2) is 0 Å². The van der Waals surface area contributed by atoms with Crippen molar-refractivity contribution in [2.24, 2.45) is 0 Å². The minimum absolute atomic E-state index is 0.0405. The zero-order valence-electron chi connectivity index (χ0n) is 11.8. The van der Waals surface area contributed by atoms with Crippen molar-refractivity contribution >= 4 is 28.9 Å². The summed E-state index contributed by atoms with van der Waals surface area (Å²) in [5, 5.41) is 11.0. The summed E-state index contributed by atoms with van der Waals surface area (Å²) in [6.07, 6.45) is 3.87. The van der Waals surface area contributed by atoms with Gasteiger partial charge in [0.05, 0.1) is 9.95 Å². The predicted molar refractivity (Wildman–Crippen MR) is 81.5 cm³/mol. The van der Waals surface area contributed by atoms with Crippen LogP contribution in [0.1, 0.15) is 43.0 Å². The van der Waals surface area contributed by atoms with E-state index in [4.69, 9.17) is 17.3 Å². The molecule has 1 aliphatic carbocycles. The van der Waals surface area contributed by atoms with Gasteiger partial charge in [0.2, 0.25) is 0 Å². The first kappa shape index (κ1) is 15.6. The van der Waals surface area contributed by atoms with Gasteiger partial charge in [0.1, 0.15) is 5.69 Å². The highest BCUT2D eigenvalue weighted by atomic mass is 35.5. The van der Waals surface area contributed by atoms with E-state index in [1.807, 2.05) is 0 Å². The first-order valence-electron chi connectivity index (χ1n) is 7.00. The van der Waals surface area contributed by atoms with Crippen LogP contribution in [-0.2, 0) is 0 Å². The molecule has 0 radical (unpaired) electrons. The molecular formula is C14H18ClN3O3. The Kier molecular flexibility index (Phi) is 4.67. The summed E-state index contributed by atoms with van der Waals surface area (Å²) in [5.74, 6) is -0.212. The average molecular weight is 312 g/mol. The number of carbonyl (C=O) groups excluding carboxylic acids is 1. The van der Waals surface area contributed by atoms with E-state index in [1.54, 1.807) is 4.90 Å². The van der Waals surface area contributed by atoms with Crippen molar-refractivity contribution in [2.75, 3.05) is 12.3 Å². The smallest absolute Gasteiger partial charge is 0.294 e. The largest absolute Gasteiger partial charge is 0.392 e. The number of nitrogens with zero attached hydrogens (tertiary/aromatic N) is 2. The molecule has 1 aromatic carbocycles. The molecule has 21 heavy (non-hydrogen) atoms. The van der Waals surface area contributed by atoms with Crippen LogP contribution < -0.4 is 5.73 Å². The number of unbranched alkanes of at least 4 members (excludes halogenated alkanes) is 1. The molecule has 0 spiro atoms. The van der Waals surface area contributed by atoms with Gasteiger partial charge >= 0.3 is 0 Å². The topological polar surface area (TPSA) is 89.5 Å². The van der Waals surface area contributed by atoms with E-state index in [0.717, 1.165) is 25.7 Å². The van der Waals surface area contributed by atoms with Gasteiger partial charge in [-0.05, 0) is 25.3 Å². The van der Waals surface area contributed by atoms with E-state index in [2.05, 4.69) is 6.92 Å². The van der Waals surface area contributed by atoms with Crippen molar-refractivity contribution in [2.45, 2.75) is 38.6 Å². The Morgan fingerprint density at radius 3 is 2.71 bits per heavy atom. The summed E-state index contributed by atoms with van der Waals surface area (Å²) in [7, 11) is 0. The lowest BCUT2D eigenvalue weighted by molar-refractivity contribution is -0.383. The quantitative estimate of drug-likeness (QED) is 0.496. The number of nitrogens with two attached hydrogens (primary N) is 1. The van der Waals surface area contributed by atoms with Crippen molar-refractivity contribution in [3.05, 3.63) is 32.8 Å². The highest BCUT2D eigenvalue weighted by Crippen LogP contribution is 2.33. The van der Waals surface area contributed by atoms with Crippen LogP contribution in [0.25, 0.3) is 0 Å². The lowest BCUT2D eigenvalue weighted by atomic mass is 10.1. The first-order chi connectivity index (χ1) is 9.95. The minimum Gasteiger partial charge on any atom is -0.392 e. The van der Waals surface area contributed by atoms with Crippen LogP contribution in [0.2, 0.25) is 5.02 Å². The number of amides is 1. The lowest BCUT2D eigenvalue weighted by Gasteiger charge is -2.22. The van der Waals surface area contributed by atoms with E-state index in [-0.39, 0.29) is 33.9 Å². The minimum atomic E-state index is -0.620. The summed E-state index contributed by atoms with van der Waals surface area (Å²) >= 11 is 5.91. The normalized spacial score (nSPS) is 14.0. The van der Waals surface area contributed by atoms with Gasteiger partial charge in [0.25, 0.3) is 11.6 Å². The van der Waals surface area contributed by atoms with E-state index >= 15 is 0 Å². The molecule has 0 aliphatic heterocycles. The molecule has 0 unspecified atom stereocenters. The molecule has 7 heteroatoms. The zero-order valence-corrected chi connectivity index (χ0v) is 12.6. The Hall–Kier alpha value is -1.82. The van der Waals surface area contributed by atoms with E-state index in [9.17, 15) is 14.9 Å². The second kappa shape index (κ2) is 6.30. The molecule has 0 aromatic heterocycles. The van der Waals surface area contributed by atoms with Gasteiger partial charge in [-0.2, -0.15) is 0 Å². The second-order valence-corrected chi connectivity index (χ2v) is 5.64. The van der Waals surface area contributed by atoms with E-state index in [0.29, 0.717) is 6.54 Å². The van der Waals surface area contributed by atoms with Gasteiger partial charge in [0.15, 0.2) is 0 Å². The van der Waals surface area contributed by atoms with Crippen molar-refractivity contribution in [1.29, 1.82) is 0 Å². The van der Waals surface area contributed by atoms with Gasteiger partial charge in [-0.3, -0.25) is 14.9 Å². The van der Waals surface area contributed by atoms with Crippen LogP contribution in [0.4, 0.5) is 11.4 Å². The maximum Gasteiger partial charge on any atom is 0.294 e. The summed E-state index contributed by atoms with van der Waals surface area (Å²) < 4.78 is 0. The molecule has 0 atom stereocenters. The van der Waals surface area contributed by atoms with E-state index < -0.39 is 4.92 Å². The standard InChI is InChI=1S/C14H18ClN3O3/c1-2-3-6-17(10-4-5-10)14(19)9-7-11(15)13(16)12(8-9)18(20)21/h7-8,10H,2-6,16H2,1H3. The third-order valence-corrected chi connectivity index (χ3v) is 3.87. The molecule has 1 saturated carbocycles. The molecule has 1 amide bonds. The summed E-state index contributed by atoms with van der Waals surface area (Å²) in [5.41, 5.74) is 5.38. The second-order valence-electron chi connectivity index (χ2n) is 5.23. The molecular weight excluding hydrogens is 294 g/mol. The van der Waals surface area contributed by atoms with Crippen LogP contribution in [-0.4, -0.2) is 28.3 Å². The van der Waals surface area contributed by atoms with Crippen molar-refractivity contribution in [1.82, 2.24) is 4.90 Å². The molecule has 6 nitrogen and oxygen atoms in total. The fourth-order valence-corrected chi connectivity index (χ4v) is 2.42. The molecule has 1 aliphatic rings. The number of nitro benzene ring substituents is 1. The van der Waals surface area contributed by atoms with Gasteiger partial charge in [-0.15, -0.1) is 0 Å². The monoisotopic (exact) mass is 311 g/mol. The number of anilines is 1. The predicted octanol–water partition coefficient (Wildman–Crippen LogP) is 3.24. The fourth-order valence-electron chi connectivity index (χ4n) is 2.21. The Morgan fingerprint density at radius 1 is 1.52 bits per heavy atom. The third kappa shape index (κ3) is 3.44. The van der Waals surface area contributed by atoms with Crippen LogP contribution in [0.3, 0.4) is 0 Å². The van der Waals surface area contributed by atoms with Crippen LogP contribution in [0.15, 0.2) is 12.1 Å². The van der Waals surface area contributed by atoms with Crippen molar-refractivity contribution in [3.8, 4) is 0 Å². The lowest BCUT2D eigenvalue weighted by Crippen LogP contribution is -2.34. The number of hydrogen-bond acceptors (Lipinski definition) is 4. The van der Waals surface area contributed by atoms with Crippen LogP contribution in [0, 0.1) is 10.1 Å². The third-order valence-electron chi connectivity index (χ3n) is 3.55. The Bertz CT molecular complexity index is 573. The molecule has 1 aromatic rings. The molecule has 0 saturated heterocycles. The summed E-state index contributed by atoms with van der Waals surface area (Å²) in [4.78, 5) is 24.7. The molecule has 2 N–H and O–H groups in total. The van der Waals surface area contributed by atoms with Gasteiger partial charge in [0, 0.05) is 24.2 Å². The van der Waals surface area contributed by atoms with Crippen molar-refractivity contribution in [3.63, 3.8) is 0 Å². The Labute approximate surface area is 128 Å². The molecule has 114 valence electrons. The number of carbonyl (C=O) groups is 1. The highest BCUT2D eigenvalue weighted by Gasteiger charge is 2.33.